The minimum atomic E-state index is -0.735. The van der Waals surface area contributed by atoms with Crippen molar-refractivity contribution in [3.8, 4) is 5.69 Å². The number of nitrogens with two attached hydrogens (primary N) is 1. The largest absolute Gasteiger partial charge is 0.368 e. The topological polar surface area (TPSA) is 135 Å². The molecule has 0 unspecified atom stereocenters. The maximum Gasteiger partial charge on any atom is 0.333 e. The molecule has 37 heavy (non-hydrogen) atoms. The minimum Gasteiger partial charge on any atom is -0.368 e. The first-order valence-electron chi connectivity index (χ1n) is 11.6. The zero-order chi connectivity index (χ0) is 26.6. The Bertz CT molecular complexity index is 1790. The number of rotatable bonds is 5. The van der Waals surface area contributed by atoms with Gasteiger partial charge in [0.1, 0.15) is 17.0 Å². The van der Waals surface area contributed by atoms with E-state index >= 15 is 0 Å². The number of aromatic nitrogens is 3. The van der Waals surface area contributed by atoms with E-state index in [0.29, 0.717) is 24.2 Å². The van der Waals surface area contributed by atoms with Crippen LogP contribution in [0.3, 0.4) is 0 Å². The number of aryl methyl sites for hydroxylation is 2. The highest BCUT2D eigenvalue weighted by Gasteiger charge is 2.24. The van der Waals surface area contributed by atoms with Gasteiger partial charge in [0.05, 0.1) is 23.4 Å². The number of nitrogens with one attached hydrogen (secondary N) is 2. The third kappa shape index (κ3) is 3.98. The number of H-pyrrole nitrogens is 1. The van der Waals surface area contributed by atoms with E-state index in [1.165, 1.54) is 35.2 Å². The van der Waals surface area contributed by atoms with Crippen LogP contribution < -0.4 is 32.8 Å². The highest BCUT2D eigenvalue weighted by Crippen LogP contribution is 2.32. The molecule has 3 heterocycles. The fourth-order valence-electron chi connectivity index (χ4n) is 4.90. The predicted octanol–water partition coefficient (Wildman–Crippen LogP) is 1.73. The SMILES string of the molecule is Cc1ccc(Nc2c3c(=O)[nH]c(=O)n(-c4ccc5c(c4)N(CC(N)=O)CC5)c3c(C)c(=O)n2C)c(F)c1. The van der Waals surface area contributed by atoms with E-state index in [0.717, 1.165) is 11.3 Å². The number of primary amides is 1. The van der Waals surface area contributed by atoms with Crippen LogP contribution in [0.4, 0.5) is 21.6 Å². The van der Waals surface area contributed by atoms with Gasteiger partial charge in [-0.15, -0.1) is 0 Å². The van der Waals surface area contributed by atoms with Gasteiger partial charge >= 0.3 is 5.69 Å². The summed E-state index contributed by atoms with van der Waals surface area (Å²) in [5, 5.41) is 2.90. The summed E-state index contributed by atoms with van der Waals surface area (Å²) in [6.07, 6.45) is 0.708. The molecule has 0 saturated carbocycles. The van der Waals surface area contributed by atoms with Gasteiger partial charge in [-0.2, -0.15) is 0 Å². The molecule has 1 aliphatic rings. The lowest BCUT2D eigenvalue weighted by molar-refractivity contribution is -0.116. The minimum absolute atomic E-state index is 0.0213. The molecule has 0 atom stereocenters. The van der Waals surface area contributed by atoms with Crippen LogP contribution in [-0.4, -0.2) is 33.1 Å². The van der Waals surface area contributed by atoms with Crippen molar-refractivity contribution in [2.24, 2.45) is 12.8 Å². The van der Waals surface area contributed by atoms with Gasteiger partial charge in [-0.25, -0.2) is 9.18 Å². The van der Waals surface area contributed by atoms with Crippen LogP contribution in [0.2, 0.25) is 0 Å². The zero-order valence-corrected chi connectivity index (χ0v) is 20.5. The summed E-state index contributed by atoms with van der Waals surface area (Å²) < 4.78 is 17.2. The van der Waals surface area contributed by atoms with Crippen LogP contribution in [0.1, 0.15) is 16.7 Å². The van der Waals surface area contributed by atoms with Crippen molar-refractivity contribution in [3.63, 3.8) is 0 Å². The van der Waals surface area contributed by atoms with E-state index in [9.17, 15) is 23.6 Å². The first-order valence-corrected chi connectivity index (χ1v) is 11.6. The van der Waals surface area contributed by atoms with Crippen LogP contribution in [0.15, 0.2) is 50.8 Å². The molecule has 0 spiro atoms. The summed E-state index contributed by atoms with van der Waals surface area (Å²) >= 11 is 0. The van der Waals surface area contributed by atoms with Crippen molar-refractivity contribution in [3.05, 3.63) is 90.1 Å². The van der Waals surface area contributed by atoms with Crippen molar-refractivity contribution in [2.75, 3.05) is 23.3 Å². The summed E-state index contributed by atoms with van der Waals surface area (Å²) in [7, 11) is 1.47. The fraction of sp³-hybridized carbons (Fsp3) is 0.231. The molecular formula is C26H25FN6O4. The summed E-state index contributed by atoms with van der Waals surface area (Å²) in [5.74, 6) is -0.998. The number of nitrogens with zero attached hydrogens (tertiary/aromatic N) is 3. The second-order valence-electron chi connectivity index (χ2n) is 9.22. The van der Waals surface area contributed by atoms with E-state index < -0.39 is 28.5 Å². The molecule has 190 valence electrons. The van der Waals surface area contributed by atoms with Crippen molar-refractivity contribution in [1.82, 2.24) is 14.1 Å². The van der Waals surface area contributed by atoms with Crippen LogP contribution in [-0.2, 0) is 18.3 Å². The molecule has 11 heteroatoms. The second kappa shape index (κ2) is 8.77. The van der Waals surface area contributed by atoms with Crippen molar-refractivity contribution >= 4 is 34.0 Å². The zero-order valence-electron chi connectivity index (χ0n) is 20.5. The molecule has 4 N–H and O–H groups in total. The molecule has 4 aromatic rings. The number of hydrogen-bond donors (Lipinski definition) is 3. The van der Waals surface area contributed by atoms with E-state index in [1.54, 1.807) is 25.1 Å². The molecular weight excluding hydrogens is 479 g/mol. The number of anilines is 3. The third-order valence-corrected chi connectivity index (χ3v) is 6.71. The molecule has 0 fully saturated rings. The first kappa shape index (κ1) is 24.0. The highest BCUT2D eigenvalue weighted by molar-refractivity contribution is 5.93. The fourth-order valence-corrected chi connectivity index (χ4v) is 4.90. The summed E-state index contributed by atoms with van der Waals surface area (Å²) in [5.41, 5.74) is 6.65. The number of carbonyl (C=O) groups excluding carboxylic acids is 1. The van der Waals surface area contributed by atoms with Gasteiger partial charge in [-0.05, 0) is 55.7 Å². The predicted molar refractivity (Wildman–Crippen MR) is 140 cm³/mol. The molecule has 10 nitrogen and oxygen atoms in total. The Morgan fingerprint density at radius 3 is 2.59 bits per heavy atom. The molecule has 5 rings (SSSR count). The van der Waals surface area contributed by atoms with E-state index in [2.05, 4.69) is 10.3 Å². The average Bonchev–Trinajstić information content (AvgIpc) is 3.23. The summed E-state index contributed by atoms with van der Waals surface area (Å²) in [6.45, 7) is 3.89. The molecule has 0 radical (unpaired) electrons. The van der Waals surface area contributed by atoms with Gasteiger partial charge < -0.3 is 16.0 Å². The summed E-state index contributed by atoms with van der Waals surface area (Å²) in [6, 6.07) is 9.83. The molecule has 0 aliphatic carbocycles. The number of hydrogen-bond acceptors (Lipinski definition) is 6. The Morgan fingerprint density at radius 2 is 1.89 bits per heavy atom. The van der Waals surface area contributed by atoms with Gasteiger partial charge in [0.15, 0.2) is 0 Å². The van der Waals surface area contributed by atoms with Gasteiger partial charge in [0.25, 0.3) is 11.1 Å². The Labute approximate surface area is 209 Å². The van der Waals surface area contributed by atoms with Crippen LogP contribution in [0.25, 0.3) is 16.6 Å². The van der Waals surface area contributed by atoms with E-state index in [1.807, 2.05) is 11.0 Å². The van der Waals surface area contributed by atoms with E-state index in [-0.39, 0.29) is 34.5 Å². The van der Waals surface area contributed by atoms with Gasteiger partial charge in [-0.3, -0.25) is 28.5 Å². The lowest BCUT2D eigenvalue weighted by Crippen LogP contribution is -2.34. The molecule has 2 aromatic carbocycles. The maximum absolute atomic E-state index is 14.7. The van der Waals surface area contributed by atoms with Crippen molar-refractivity contribution in [2.45, 2.75) is 20.3 Å². The van der Waals surface area contributed by atoms with Crippen molar-refractivity contribution in [1.29, 1.82) is 0 Å². The van der Waals surface area contributed by atoms with Crippen molar-refractivity contribution < 1.29 is 9.18 Å². The van der Waals surface area contributed by atoms with E-state index in [4.69, 9.17) is 5.73 Å². The smallest absolute Gasteiger partial charge is 0.333 e. The second-order valence-corrected chi connectivity index (χ2v) is 9.22. The Hall–Kier alpha value is -4.67. The summed E-state index contributed by atoms with van der Waals surface area (Å²) in [4.78, 5) is 55.2. The lowest BCUT2D eigenvalue weighted by Gasteiger charge is -2.20. The number of fused-ring (bicyclic) bond motifs is 2. The standard InChI is InChI=1S/C26H25FN6O4/c1-13-4-7-18(17(27)10-13)29-23-21-22(14(2)25(36)31(23)3)33(26(37)30-24(21)35)16-6-5-15-8-9-32(12-20(28)34)19(15)11-16/h4-7,10-11,29H,8-9,12H2,1-3H3,(H2,28,34)(H,30,35,37). The first-order chi connectivity index (χ1) is 17.6. The molecule has 0 bridgehead atoms. The number of halogens is 1. The maximum atomic E-state index is 14.7. The Balaban J connectivity index is 1.79. The van der Waals surface area contributed by atoms with Crippen LogP contribution >= 0.6 is 0 Å². The number of benzene rings is 2. The number of pyridine rings is 1. The normalized spacial score (nSPS) is 12.7. The molecule has 1 amide bonds. The molecule has 2 aromatic heterocycles. The Kier molecular flexibility index (Phi) is 5.70. The monoisotopic (exact) mass is 504 g/mol. The van der Waals surface area contributed by atoms with Gasteiger partial charge in [-0.1, -0.05) is 12.1 Å². The van der Waals surface area contributed by atoms with Crippen LogP contribution in [0.5, 0.6) is 0 Å². The third-order valence-electron chi connectivity index (χ3n) is 6.71. The quantitative estimate of drug-likeness (QED) is 0.379. The van der Waals surface area contributed by atoms with Gasteiger partial charge in [0.2, 0.25) is 5.91 Å². The average molecular weight is 505 g/mol. The highest BCUT2D eigenvalue weighted by atomic mass is 19.1. The number of carbonyl (C=O) groups is 1. The van der Waals surface area contributed by atoms with Crippen LogP contribution in [0, 0.1) is 19.7 Å². The van der Waals surface area contributed by atoms with Gasteiger partial charge in [0, 0.05) is 24.8 Å². The Morgan fingerprint density at radius 1 is 1.14 bits per heavy atom. The lowest BCUT2D eigenvalue weighted by atomic mass is 10.1. The number of amides is 1. The molecule has 1 aliphatic heterocycles. The number of aromatic amines is 1. The molecule has 0 saturated heterocycles.